The molecule has 2 heterocycles. The molecule has 0 spiro atoms. The average Bonchev–Trinajstić information content (AvgIpc) is 2.70. The van der Waals surface area contributed by atoms with Crippen molar-refractivity contribution in [1.82, 2.24) is 19.6 Å². The Balaban J connectivity index is 2.05. The summed E-state index contributed by atoms with van der Waals surface area (Å²) in [6.07, 6.45) is 4.42. The number of hydrogen-bond donors (Lipinski definition) is 2. The molecule has 0 fully saturated rings. The molecule has 6 nitrogen and oxygen atoms in total. The summed E-state index contributed by atoms with van der Waals surface area (Å²) < 4.78 is 28.3. The van der Waals surface area contributed by atoms with Gasteiger partial charge >= 0.3 is 0 Å². The van der Waals surface area contributed by atoms with Crippen LogP contribution < -0.4 is 10.0 Å². The minimum absolute atomic E-state index is 0.0806. The molecule has 100 valence electrons. The first-order valence-electron chi connectivity index (χ1n) is 5.87. The van der Waals surface area contributed by atoms with Gasteiger partial charge in [-0.3, -0.25) is 0 Å². The average molecular weight is 270 g/mol. The standard InChI is InChI=1S/C11H18N4O2S/c1-9-14-11(8-15(9)2)18(16,17)13-7-10-3-5-12-6-4-10/h3,8,12-13H,4-7H2,1-2H3. The van der Waals surface area contributed by atoms with Gasteiger partial charge in [-0.1, -0.05) is 11.6 Å². The minimum Gasteiger partial charge on any atom is -0.337 e. The van der Waals surface area contributed by atoms with Crippen LogP contribution in [0.25, 0.3) is 0 Å². The second-order valence-corrected chi connectivity index (χ2v) is 6.09. The largest absolute Gasteiger partial charge is 0.337 e. The highest BCUT2D eigenvalue weighted by atomic mass is 32.2. The van der Waals surface area contributed by atoms with Crippen LogP contribution in [0.2, 0.25) is 0 Å². The van der Waals surface area contributed by atoms with Crippen molar-refractivity contribution in [3.8, 4) is 0 Å². The summed E-state index contributed by atoms with van der Waals surface area (Å²) in [7, 11) is -1.73. The van der Waals surface area contributed by atoms with Crippen LogP contribution in [0.5, 0.6) is 0 Å². The number of aromatic nitrogens is 2. The lowest BCUT2D eigenvalue weighted by Crippen LogP contribution is -2.29. The van der Waals surface area contributed by atoms with Crippen molar-refractivity contribution in [2.24, 2.45) is 7.05 Å². The third-order valence-electron chi connectivity index (χ3n) is 3.01. The van der Waals surface area contributed by atoms with E-state index in [4.69, 9.17) is 0 Å². The lowest BCUT2D eigenvalue weighted by Gasteiger charge is -2.14. The van der Waals surface area contributed by atoms with E-state index in [1.165, 1.54) is 6.20 Å². The molecule has 0 bridgehead atoms. The second kappa shape index (κ2) is 5.21. The molecule has 0 saturated heterocycles. The molecule has 7 heteroatoms. The molecular weight excluding hydrogens is 252 g/mol. The Bertz CT molecular complexity index is 540. The van der Waals surface area contributed by atoms with Gasteiger partial charge in [-0.2, -0.15) is 0 Å². The van der Waals surface area contributed by atoms with Crippen molar-refractivity contribution in [2.45, 2.75) is 18.4 Å². The zero-order valence-electron chi connectivity index (χ0n) is 10.6. The van der Waals surface area contributed by atoms with E-state index in [0.717, 1.165) is 25.1 Å². The molecule has 0 unspecified atom stereocenters. The van der Waals surface area contributed by atoms with Crippen LogP contribution >= 0.6 is 0 Å². The molecule has 0 aromatic carbocycles. The Morgan fingerprint density at radius 3 is 2.89 bits per heavy atom. The highest BCUT2D eigenvalue weighted by Gasteiger charge is 2.18. The van der Waals surface area contributed by atoms with E-state index < -0.39 is 10.0 Å². The van der Waals surface area contributed by atoms with E-state index in [2.05, 4.69) is 15.0 Å². The molecule has 2 N–H and O–H groups in total. The lowest BCUT2D eigenvalue weighted by atomic mass is 10.1. The Labute approximate surface area is 107 Å². The Hall–Kier alpha value is -1.18. The van der Waals surface area contributed by atoms with Gasteiger partial charge in [0, 0.05) is 26.3 Å². The third kappa shape index (κ3) is 2.98. The van der Waals surface area contributed by atoms with Crippen LogP contribution in [0.3, 0.4) is 0 Å². The maximum atomic E-state index is 12.0. The normalized spacial score (nSPS) is 16.7. The molecule has 0 saturated carbocycles. The van der Waals surface area contributed by atoms with Gasteiger partial charge in [-0.15, -0.1) is 0 Å². The van der Waals surface area contributed by atoms with Crippen molar-refractivity contribution in [3.05, 3.63) is 23.7 Å². The van der Waals surface area contributed by atoms with E-state index in [0.29, 0.717) is 12.4 Å². The predicted octanol–water partition coefficient (Wildman–Crippen LogP) is -0.0735. The van der Waals surface area contributed by atoms with Gasteiger partial charge in [-0.25, -0.2) is 18.1 Å². The zero-order valence-corrected chi connectivity index (χ0v) is 11.4. The fourth-order valence-electron chi connectivity index (χ4n) is 1.75. The van der Waals surface area contributed by atoms with Gasteiger partial charge in [0.15, 0.2) is 5.03 Å². The molecule has 0 aliphatic carbocycles. The van der Waals surface area contributed by atoms with Gasteiger partial charge in [0.25, 0.3) is 10.0 Å². The highest BCUT2D eigenvalue weighted by Crippen LogP contribution is 2.09. The highest BCUT2D eigenvalue weighted by molar-refractivity contribution is 7.89. The summed E-state index contributed by atoms with van der Waals surface area (Å²) in [6, 6.07) is 0. The molecule has 2 rings (SSSR count). The van der Waals surface area contributed by atoms with E-state index >= 15 is 0 Å². The van der Waals surface area contributed by atoms with Crippen molar-refractivity contribution in [1.29, 1.82) is 0 Å². The maximum absolute atomic E-state index is 12.0. The van der Waals surface area contributed by atoms with Crippen molar-refractivity contribution in [2.75, 3.05) is 19.6 Å². The molecular formula is C11H18N4O2S. The predicted molar refractivity (Wildman–Crippen MR) is 68.7 cm³/mol. The van der Waals surface area contributed by atoms with Gasteiger partial charge in [0.05, 0.1) is 0 Å². The minimum atomic E-state index is -3.50. The van der Waals surface area contributed by atoms with Gasteiger partial charge in [0.2, 0.25) is 0 Å². The smallest absolute Gasteiger partial charge is 0.259 e. The first-order valence-corrected chi connectivity index (χ1v) is 7.35. The number of nitrogens with zero attached hydrogens (tertiary/aromatic N) is 2. The molecule has 1 aliphatic heterocycles. The van der Waals surface area contributed by atoms with E-state index in [-0.39, 0.29) is 5.03 Å². The van der Waals surface area contributed by atoms with Gasteiger partial charge in [-0.05, 0) is 19.9 Å². The quantitative estimate of drug-likeness (QED) is 0.751. The fraction of sp³-hybridized carbons (Fsp3) is 0.545. The van der Waals surface area contributed by atoms with Crippen LogP contribution in [0, 0.1) is 6.92 Å². The SMILES string of the molecule is Cc1nc(S(=O)(=O)NCC2=CCNCC2)cn1C. The van der Waals surface area contributed by atoms with Crippen LogP contribution in [0.4, 0.5) is 0 Å². The molecule has 1 aliphatic rings. The van der Waals surface area contributed by atoms with Gasteiger partial charge in [0.1, 0.15) is 5.82 Å². The summed E-state index contributed by atoms with van der Waals surface area (Å²) in [5, 5.41) is 3.27. The first-order chi connectivity index (χ1) is 8.49. The van der Waals surface area contributed by atoms with Crippen LogP contribution in [0.15, 0.2) is 22.9 Å². The number of hydrogen-bond acceptors (Lipinski definition) is 4. The maximum Gasteiger partial charge on any atom is 0.259 e. The number of imidazole rings is 1. The number of nitrogens with one attached hydrogen (secondary N) is 2. The summed E-state index contributed by atoms with van der Waals surface area (Å²) in [4.78, 5) is 4.03. The van der Waals surface area contributed by atoms with Crippen molar-refractivity contribution in [3.63, 3.8) is 0 Å². The number of aryl methyl sites for hydroxylation is 2. The lowest BCUT2D eigenvalue weighted by molar-refractivity contribution is 0.579. The van der Waals surface area contributed by atoms with E-state index in [1.807, 2.05) is 6.08 Å². The summed E-state index contributed by atoms with van der Waals surface area (Å²) in [5.74, 6) is 0.677. The van der Waals surface area contributed by atoms with E-state index in [1.54, 1.807) is 18.5 Å². The number of sulfonamides is 1. The molecule has 1 aromatic heterocycles. The fourth-order valence-corrected chi connectivity index (χ4v) is 2.82. The van der Waals surface area contributed by atoms with Crippen LogP contribution in [0.1, 0.15) is 12.2 Å². The third-order valence-corrected chi connectivity index (χ3v) is 4.28. The molecule has 0 amide bonds. The summed E-state index contributed by atoms with van der Waals surface area (Å²) >= 11 is 0. The first kappa shape index (κ1) is 13.3. The topological polar surface area (TPSA) is 76.0 Å². The summed E-state index contributed by atoms with van der Waals surface area (Å²) in [5.41, 5.74) is 1.12. The van der Waals surface area contributed by atoms with Crippen molar-refractivity contribution >= 4 is 10.0 Å². The zero-order chi connectivity index (χ0) is 13.2. The van der Waals surface area contributed by atoms with Gasteiger partial charge < -0.3 is 9.88 Å². The molecule has 1 aromatic rings. The number of rotatable bonds is 4. The molecule has 18 heavy (non-hydrogen) atoms. The van der Waals surface area contributed by atoms with Crippen molar-refractivity contribution < 1.29 is 8.42 Å². The van der Waals surface area contributed by atoms with E-state index in [9.17, 15) is 8.42 Å². The Morgan fingerprint density at radius 2 is 2.33 bits per heavy atom. The Kier molecular flexibility index (Phi) is 3.84. The molecule has 0 radical (unpaired) electrons. The van der Waals surface area contributed by atoms with Crippen LogP contribution in [-0.2, 0) is 17.1 Å². The second-order valence-electron chi connectivity index (χ2n) is 4.38. The monoisotopic (exact) mass is 270 g/mol. The molecule has 0 atom stereocenters. The van der Waals surface area contributed by atoms with Crippen LogP contribution in [-0.4, -0.2) is 37.6 Å². The summed E-state index contributed by atoms with van der Waals surface area (Å²) in [6.45, 7) is 3.84. The Morgan fingerprint density at radius 1 is 1.56 bits per heavy atom.